The van der Waals surface area contributed by atoms with Crippen molar-refractivity contribution in [1.29, 1.82) is 0 Å². The van der Waals surface area contributed by atoms with Crippen molar-refractivity contribution in [3.05, 3.63) is 42.6 Å². The Bertz CT molecular complexity index is 372. The highest BCUT2D eigenvalue weighted by atomic mass is 16.3. The fourth-order valence-electron chi connectivity index (χ4n) is 1.20. The molecule has 0 atom stereocenters. The second-order valence-electron chi connectivity index (χ2n) is 2.98. The number of rotatable bonds is 3. The quantitative estimate of drug-likeness (QED) is 0.737. The standard InChI is InChI=1S/C10H11N3O/c1-13(8-9-4-2-7-14-9)10-11-5-3-6-12-10/h2-7H,8H2,1H3. The smallest absolute Gasteiger partial charge is 0.225 e. The maximum atomic E-state index is 5.23. The van der Waals surface area contributed by atoms with Gasteiger partial charge in [0.1, 0.15) is 5.76 Å². The molecule has 0 aliphatic heterocycles. The molecule has 0 saturated heterocycles. The van der Waals surface area contributed by atoms with Gasteiger partial charge in [0, 0.05) is 19.4 Å². The number of nitrogens with zero attached hydrogens (tertiary/aromatic N) is 3. The lowest BCUT2D eigenvalue weighted by molar-refractivity contribution is 0.506. The number of hydrogen-bond donors (Lipinski definition) is 0. The molecule has 4 heteroatoms. The molecule has 0 fully saturated rings. The molecule has 0 saturated carbocycles. The summed E-state index contributed by atoms with van der Waals surface area (Å²) in [7, 11) is 1.93. The monoisotopic (exact) mass is 189 g/mol. The lowest BCUT2D eigenvalue weighted by Gasteiger charge is -2.14. The van der Waals surface area contributed by atoms with Gasteiger partial charge in [0.05, 0.1) is 12.8 Å². The molecular weight excluding hydrogens is 178 g/mol. The molecule has 0 aliphatic carbocycles. The van der Waals surface area contributed by atoms with Gasteiger partial charge in [-0.3, -0.25) is 0 Å². The second-order valence-corrected chi connectivity index (χ2v) is 2.98. The molecule has 2 aromatic rings. The van der Waals surface area contributed by atoms with Crippen molar-refractivity contribution in [2.75, 3.05) is 11.9 Å². The fourth-order valence-corrected chi connectivity index (χ4v) is 1.20. The Balaban J connectivity index is 2.07. The van der Waals surface area contributed by atoms with Crippen LogP contribution in [0.3, 0.4) is 0 Å². The minimum atomic E-state index is 0.678. The van der Waals surface area contributed by atoms with E-state index in [0.29, 0.717) is 12.5 Å². The average Bonchev–Trinajstić information content (AvgIpc) is 2.72. The summed E-state index contributed by atoms with van der Waals surface area (Å²) in [5, 5.41) is 0. The minimum absolute atomic E-state index is 0.678. The molecule has 0 aromatic carbocycles. The maximum absolute atomic E-state index is 5.23. The van der Waals surface area contributed by atoms with Crippen LogP contribution < -0.4 is 4.90 Å². The van der Waals surface area contributed by atoms with Crippen molar-refractivity contribution < 1.29 is 4.42 Å². The Morgan fingerprint density at radius 1 is 1.29 bits per heavy atom. The Labute approximate surface area is 82.2 Å². The Morgan fingerprint density at radius 2 is 2.07 bits per heavy atom. The first-order valence-electron chi connectivity index (χ1n) is 4.37. The molecule has 2 aromatic heterocycles. The van der Waals surface area contributed by atoms with Gasteiger partial charge in [0.25, 0.3) is 0 Å². The summed E-state index contributed by atoms with van der Waals surface area (Å²) in [4.78, 5) is 10.2. The van der Waals surface area contributed by atoms with Gasteiger partial charge in [-0.05, 0) is 18.2 Å². The summed E-state index contributed by atoms with van der Waals surface area (Å²) < 4.78 is 5.23. The van der Waals surface area contributed by atoms with Crippen LogP contribution in [-0.4, -0.2) is 17.0 Å². The number of aromatic nitrogens is 2. The molecule has 2 rings (SSSR count). The average molecular weight is 189 g/mol. The zero-order valence-electron chi connectivity index (χ0n) is 7.92. The molecule has 0 aliphatic rings. The van der Waals surface area contributed by atoms with Crippen molar-refractivity contribution >= 4 is 5.95 Å². The summed E-state index contributed by atoms with van der Waals surface area (Å²) in [6.45, 7) is 0.678. The van der Waals surface area contributed by atoms with E-state index in [-0.39, 0.29) is 0 Å². The minimum Gasteiger partial charge on any atom is -0.467 e. The Morgan fingerprint density at radius 3 is 2.71 bits per heavy atom. The van der Waals surface area contributed by atoms with E-state index in [4.69, 9.17) is 4.42 Å². The summed E-state index contributed by atoms with van der Waals surface area (Å²) in [5.74, 6) is 1.60. The van der Waals surface area contributed by atoms with Crippen molar-refractivity contribution in [3.8, 4) is 0 Å². The normalized spacial score (nSPS) is 10.1. The van der Waals surface area contributed by atoms with Crippen LogP contribution in [0.1, 0.15) is 5.76 Å². The van der Waals surface area contributed by atoms with Crippen LogP contribution in [0.2, 0.25) is 0 Å². The van der Waals surface area contributed by atoms with Crippen LogP contribution in [0.4, 0.5) is 5.95 Å². The lowest BCUT2D eigenvalue weighted by Crippen LogP contribution is -2.18. The third-order valence-electron chi connectivity index (χ3n) is 1.87. The van der Waals surface area contributed by atoms with Crippen LogP contribution in [-0.2, 0) is 6.54 Å². The topological polar surface area (TPSA) is 42.2 Å². The number of hydrogen-bond acceptors (Lipinski definition) is 4. The van der Waals surface area contributed by atoms with Gasteiger partial charge in [-0.25, -0.2) is 9.97 Å². The molecular formula is C10H11N3O. The maximum Gasteiger partial charge on any atom is 0.225 e. The van der Waals surface area contributed by atoms with Crippen molar-refractivity contribution in [1.82, 2.24) is 9.97 Å². The molecule has 0 bridgehead atoms. The van der Waals surface area contributed by atoms with E-state index in [2.05, 4.69) is 9.97 Å². The third-order valence-corrected chi connectivity index (χ3v) is 1.87. The first-order chi connectivity index (χ1) is 6.86. The third kappa shape index (κ3) is 1.90. The van der Waals surface area contributed by atoms with Crippen LogP contribution in [0.5, 0.6) is 0 Å². The zero-order chi connectivity index (χ0) is 9.80. The van der Waals surface area contributed by atoms with Gasteiger partial charge in [-0.2, -0.15) is 0 Å². The summed E-state index contributed by atoms with van der Waals surface area (Å²) in [6, 6.07) is 5.60. The summed E-state index contributed by atoms with van der Waals surface area (Å²) in [6.07, 6.45) is 5.11. The van der Waals surface area contributed by atoms with Gasteiger partial charge in [-0.1, -0.05) is 0 Å². The van der Waals surface area contributed by atoms with Gasteiger partial charge in [0.15, 0.2) is 0 Å². The van der Waals surface area contributed by atoms with E-state index < -0.39 is 0 Å². The predicted octanol–water partition coefficient (Wildman–Crippen LogP) is 1.71. The second kappa shape index (κ2) is 3.91. The summed E-state index contributed by atoms with van der Waals surface area (Å²) >= 11 is 0. The predicted molar refractivity (Wildman–Crippen MR) is 52.8 cm³/mol. The molecule has 4 nitrogen and oxygen atoms in total. The van der Waals surface area contributed by atoms with Gasteiger partial charge in [-0.15, -0.1) is 0 Å². The van der Waals surface area contributed by atoms with E-state index >= 15 is 0 Å². The van der Waals surface area contributed by atoms with Gasteiger partial charge < -0.3 is 9.32 Å². The van der Waals surface area contributed by atoms with Crippen molar-refractivity contribution in [2.45, 2.75) is 6.54 Å². The number of furan rings is 1. The molecule has 2 heterocycles. The lowest BCUT2D eigenvalue weighted by atomic mass is 10.4. The molecule has 0 amide bonds. The Kier molecular flexibility index (Phi) is 2.44. The summed E-state index contributed by atoms with van der Waals surface area (Å²) in [5.41, 5.74) is 0. The van der Waals surface area contributed by atoms with Crippen molar-refractivity contribution in [3.63, 3.8) is 0 Å². The molecule has 0 spiro atoms. The Hall–Kier alpha value is -1.84. The van der Waals surface area contributed by atoms with E-state index in [9.17, 15) is 0 Å². The highest BCUT2D eigenvalue weighted by Gasteiger charge is 2.04. The first-order valence-corrected chi connectivity index (χ1v) is 4.37. The highest BCUT2D eigenvalue weighted by molar-refractivity contribution is 5.27. The van der Waals surface area contributed by atoms with Crippen LogP contribution >= 0.6 is 0 Å². The van der Waals surface area contributed by atoms with Crippen LogP contribution in [0, 0.1) is 0 Å². The molecule has 0 N–H and O–H groups in total. The van der Waals surface area contributed by atoms with E-state index in [0.717, 1.165) is 5.76 Å². The molecule has 72 valence electrons. The van der Waals surface area contributed by atoms with E-state index in [1.54, 1.807) is 24.7 Å². The van der Waals surface area contributed by atoms with Gasteiger partial charge in [0.2, 0.25) is 5.95 Å². The zero-order valence-corrected chi connectivity index (χ0v) is 7.92. The molecule has 0 radical (unpaired) electrons. The van der Waals surface area contributed by atoms with Crippen molar-refractivity contribution in [2.24, 2.45) is 0 Å². The van der Waals surface area contributed by atoms with E-state index in [1.165, 1.54) is 0 Å². The van der Waals surface area contributed by atoms with Crippen LogP contribution in [0.25, 0.3) is 0 Å². The fraction of sp³-hybridized carbons (Fsp3) is 0.200. The highest BCUT2D eigenvalue weighted by Crippen LogP contribution is 2.08. The number of anilines is 1. The first kappa shape index (κ1) is 8.74. The molecule has 0 unspecified atom stereocenters. The van der Waals surface area contributed by atoms with E-state index in [1.807, 2.05) is 24.1 Å². The van der Waals surface area contributed by atoms with Crippen LogP contribution in [0.15, 0.2) is 41.3 Å². The van der Waals surface area contributed by atoms with Gasteiger partial charge >= 0.3 is 0 Å². The molecule has 14 heavy (non-hydrogen) atoms. The largest absolute Gasteiger partial charge is 0.467 e. The SMILES string of the molecule is CN(Cc1ccco1)c1ncccn1.